The molecule has 40 heavy (non-hydrogen) atoms. The lowest BCUT2D eigenvalue weighted by molar-refractivity contribution is 0.426. The highest BCUT2D eigenvalue weighted by molar-refractivity contribution is 6.09. The quantitative estimate of drug-likeness (QED) is 0.228. The maximum atomic E-state index is 6.81. The Balaban J connectivity index is 1.40. The van der Waals surface area contributed by atoms with Gasteiger partial charge in [0.1, 0.15) is 11.5 Å². The SMILES string of the molecule is C=Cc1c(/C=C\C)n(C2=C3Oc4cccc(-n5c6ccccc6c6ccccc65)c4C3CC=C2)c2ccccc12. The van der Waals surface area contributed by atoms with Crippen LogP contribution in [0.1, 0.15) is 36.1 Å². The van der Waals surface area contributed by atoms with Crippen molar-refractivity contribution in [2.75, 3.05) is 0 Å². The van der Waals surface area contributed by atoms with Crippen LogP contribution >= 0.6 is 0 Å². The molecular formula is C37H28N2O. The van der Waals surface area contributed by atoms with Crippen LogP contribution in [0.4, 0.5) is 0 Å². The number of fused-ring (bicyclic) bond motifs is 7. The molecular weight excluding hydrogens is 488 g/mol. The van der Waals surface area contributed by atoms with Crippen molar-refractivity contribution in [2.45, 2.75) is 19.3 Å². The molecule has 0 saturated heterocycles. The summed E-state index contributed by atoms with van der Waals surface area (Å²) >= 11 is 0. The van der Waals surface area contributed by atoms with Gasteiger partial charge in [-0.1, -0.05) is 85.5 Å². The summed E-state index contributed by atoms with van der Waals surface area (Å²) in [5.74, 6) is 2.07. The Hall–Kier alpha value is -5.02. The van der Waals surface area contributed by atoms with E-state index in [0.29, 0.717) is 0 Å². The Morgan fingerprint density at radius 2 is 1.43 bits per heavy atom. The van der Waals surface area contributed by atoms with Crippen molar-refractivity contribution in [1.29, 1.82) is 0 Å². The van der Waals surface area contributed by atoms with Gasteiger partial charge in [-0.25, -0.2) is 0 Å². The van der Waals surface area contributed by atoms with Crippen molar-refractivity contribution in [1.82, 2.24) is 9.13 Å². The first kappa shape index (κ1) is 22.9. The van der Waals surface area contributed by atoms with Gasteiger partial charge < -0.3 is 13.9 Å². The molecule has 4 aromatic carbocycles. The van der Waals surface area contributed by atoms with E-state index in [-0.39, 0.29) is 5.92 Å². The van der Waals surface area contributed by atoms with Gasteiger partial charge in [0.25, 0.3) is 0 Å². The Bertz CT molecular complexity index is 2040. The van der Waals surface area contributed by atoms with Crippen molar-refractivity contribution in [2.24, 2.45) is 0 Å². The van der Waals surface area contributed by atoms with E-state index in [1.807, 2.05) is 6.08 Å². The summed E-state index contributed by atoms with van der Waals surface area (Å²) in [5, 5.41) is 3.72. The largest absolute Gasteiger partial charge is 0.458 e. The molecule has 3 nitrogen and oxygen atoms in total. The van der Waals surface area contributed by atoms with Crippen LogP contribution in [0, 0.1) is 0 Å². The van der Waals surface area contributed by atoms with Gasteiger partial charge in [-0.3, -0.25) is 0 Å². The molecule has 1 atom stereocenters. The molecule has 8 rings (SSSR count). The second kappa shape index (κ2) is 8.75. The maximum Gasteiger partial charge on any atom is 0.136 e. The molecule has 1 unspecified atom stereocenters. The molecule has 0 N–H and O–H groups in total. The molecule has 0 spiro atoms. The van der Waals surface area contributed by atoms with Crippen molar-refractivity contribution in [3.8, 4) is 11.4 Å². The minimum absolute atomic E-state index is 0.123. The van der Waals surface area contributed by atoms with E-state index >= 15 is 0 Å². The Labute approximate surface area is 233 Å². The topological polar surface area (TPSA) is 19.1 Å². The number of hydrogen-bond acceptors (Lipinski definition) is 1. The van der Waals surface area contributed by atoms with Crippen molar-refractivity contribution in [3.05, 3.63) is 138 Å². The van der Waals surface area contributed by atoms with Gasteiger partial charge in [0.2, 0.25) is 0 Å². The lowest BCUT2D eigenvalue weighted by Crippen LogP contribution is -2.11. The number of nitrogens with zero attached hydrogens (tertiary/aromatic N) is 2. The summed E-state index contributed by atoms with van der Waals surface area (Å²) in [5.41, 5.74) is 9.35. The van der Waals surface area contributed by atoms with Gasteiger partial charge in [0.15, 0.2) is 0 Å². The van der Waals surface area contributed by atoms with Gasteiger partial charge in [0, 0.05) is 27.3 Å². The Kier molecular flexibility index (Phi) is 5.02. The lowest BCUT2D eigenvalue weighted by atomic mass is 9.89. The predicted molar refractivity (Wildman–Crippen MR) is 168 cm³/mol. The van der Waals surface area contributed by atoms with Crippen LogP contribution in [0.15, 0.2) is 122 Å². The smallest absolute Gasteiger partial charge is 0.136 e. The summed E-state index contributed by atoms with van der Waals surface area (Å²) < 4.78 is 11.6. The fourth-order valence-corrected chi connectivity index (χ4v) is 6.79. The summed E-state index contributed by atoms with van der Waals surface area (Å²) in [6.07, 6.45) is 11.7. The molecule has 0 radical (unpaired) electrons. The summed E-state index contributed by atoms with van der Waals surface area (Å²) in [6.45, 7) is 6.22. The third-order valence-corrected chi connectivity index (χ3v) is 8.37. The predicted octanol–water partition coefficient (Wildman–Crippen LogP) is 9.72. The fourth-order valence-electron chi connectivity index (χ4n) is 6.79. The lowest BCUT2D eigenvalue weighted by Gasteiger charge is -2.21. The van der Waals surface area contributed by atoms with E-state index in [0.717, 1.165) is 40.4 Å². The van der Waals surface area contributed by atoms with Gasteiger partial charge in [-0.15, -0.1) is 0 Å². The molecule has 1 aliphatic carbocycles. The van der Waals surface area contributed by atoms with E-state index in [2.05, 4.69) is 138 Å². The second-order valence-corrected chi connectivity index (χ2v) is 10.5. The fraction of sp³-hybridized carbons (Fsp3) is 0.0811. The summed E-state index contributed by atoms with van der Waals surface area (Å²) in [7, 11) is 0. The van der Waals surface area contributed by atoms with Crippen molar-refractivity contribution >= 4 is 50.6 Å². The van der Waals surface area contributed by atoms with E-state index < -0.39 is 0 Å². The van der Waals surface area contributed by atoms with E-state index in [1.165, 1.54) is 38.4 Å². The highest BCUT2D eigenvalue weighted by atomic mass is 16.5. The zero-order valence-corrected chi connectivity index (χ0v) is 22.3. The van der Waals surface area contributed by atoms with Gasteiger partial charge >= 0.3 is 0 Å². The molecule has 192 valence electrons. The van der Waals surface area contributed by atoms with E-state index in [9.17, 15) is 0 Å². The number of ether oxygens (including phenoxy) is 1. The highest BCUT2D eigenvalue weighted by Crippen LogP contribution is 2.51. The first-order chi connectivity index (χ1) is 19.8. The minimum Gasteiger partial charge on any atom is -0.458 e. The number of rotatable bonds is 4. The zero-order valence-electron chi connectivity index (χ0n) is 22.3. The maximum absolute atomic E-state index is 6.81. The third-order valence-electron chi connectivity index (χ3n) is 8.37. The monoisotopic (exact) mass is 516 g/mol. The van der Waals surface area contributed by atoms with Crippen molar-refractivity contribution < 1.29 is 4.74 Å². The number of hydrogen-bond donors (Lipinski definition) is 0. The van der Waals surface area contributed by atoms with Crippen LogP contribution in [0.25, 0.3) is 56.2 Å². The third kappa shape index (κ3) is 3.06. The molecule has 0 saturated carbocycles. The number of para-hydroxylation sites is 3. The first-order valence-electron chi connectivity index (χ1n) is 13.9. The van der Waals surface area contributed by atoms with Gasteiger partial charge in [-0.05, 0) is 55.8 Å². The average Bonchev–Trinajstić information content (AvgIpc) is 3.65. The van der Waals surface area contributed by atoms with Gasteiger partial charge in [-0.2, -0.15) is 0 Å². The van der Waals surface area contributed by atoms with Crippen LogP contribution < -0.4 is 4.74 Å². The molecule has 0 fully saturated rings. The molecule has 1 aliphatic heterocycles. The van der Waals surface area contributed by atoms with E-state index in [1.54, 1.807) is 0 Å². The highest BCUT2D eigenvalue weighted by Gasteiger charge is 2.37. The normalized spacial score (nSPS) is 16.3. The number of aromatic nitrogens is 2. The van der Waals surface area contributed by atoms with Crippen LogP contribution in [-0.2, 0) is 0 Å². The summed E-state index contributed by atoms with van der Waals surface area (Å²) in [4.78, 5) is 0. The van der Waals surface area contributed by atoms with Crippen LogP contribution in [0.5, 0.6) is 5.75 Å². The molecule has 0 bridgehead atoms. The molecule has 3 heteroatoms. The molecule has 2 aliphatic rings. The summed E-state index contributed by atoms with van der Waals surface area (Å²) in [6, 6.07) is 32.4. The van der Waals surface area contributed by atoms with Crippen LogP contribution in [-0.4, -0.2) is 9.13 Å². The molecule has 2 aromatic heterocycles. The number of allylic oxidation sites excluding steroid dienone is 5. The molecule has 0 amide bonds. The van der Waals surface area contributed by atoms with E-state index in [4.69, 9.17) is 4.74 Å². The Morgan fingerprint density at radius 1 is 0.775 bits per heavy atom. The first-order valence-corrected chi connectivity index (χ1v) is 13.9. The Morgan fingerprint density at radius 3 is 2.10 bits per heavy atom. The number of benzene rings is 4. The van der Waals surface area contributed by atoms with Gasteiger partial charge in [0.05, 0.1) is 39.5 Å². The standard InChI is InChI=1S/C37H28N2O/c1-3-13-29-24(4-2)25-14-5-8-18-30(25)39(29)34-22-11-17-28-36-33(21-12-23-35(36)40-37(28)34)38-31-19-9-6-15-26(31)27-16-7-10-20-32(27)38/h3-16,18-23,28H,2,17H2,1H3/b13-3-. The zero-order chi connectivity index (χ0) is 26.8. The average molecular weight is 517 g/mol. The van der Waals surface area contributed by atoms with Crippen molar-refractivity contribution in [3.63, 3.8) is 0 Å². The molecule has 3 heterocycles. The molecule has 6 aromatic rings. The van der Waals surface area contributed by atoms with Crippen LogP contribution in [0.2, 0.25) is 0 Å². The van der Waals surface area contributed by atoms with Crippen LogP contribution in [0.3, 0.4) is 0 Å². The second-order valence-electron chi connectivity index (χ2n) is 10.5. The minimum atomic E-state index is 0.123.